The summed E-state index contributed by atoms with van der Waals surface area (Å²) in [5.41, 5.74) is 1.19. The topological polar surface area (TPSA) is 27.7 Å². The third kappa shape index (κ3) is 2.49. The summed E-state index contributed by atoms with van der Waals surface area (Å²) < 4.78 is 17.4. The molecule has 0 N–H and O–H groups in total. The van der Waals surface area contributed by atoms with Gasteiger partial charge in [-0.15, -0.1) is 0 Å². The monoisotopic (exact) mass is 282 g/mol. The molecule has 1 aliphatic rings. The molecule has 0 unspecified atom stereocenters. The van der Waals surface area contributed by atoms with Gasteiger partial charge >= 0.3 is 7.12 Å². The van der Waals surface area contributed by atoms with Crippen LogP contribution in [0.2, 0.25) is 5.02 Å². The van der Waals surface area contributed by atoms with Crippen molar-refractivity contribution in [3.05, 3.63) is 22.7 Å². The summed E-state index contributed by atoms with van der Waals surface area (Å²) in [5, 5.41) is 0.618. The van der Waals surface area contributed by atoms with Crippen molar-refractivity contribution in [2.75, 3.05) is 7.11 Å². The summed E-state index contributed by atoms with van der Waals surface area (Å²) in [7, 11) is 1.21. The van der Waals surface area contributed by atoms with Gasteiger partial charge in [-0.25, -0.2) is 0 Å². The number of halogens is 1. The van der Waals surface area contributed by atoms with Gasteiger partial charge in [0.1, 0.15) is 5.75 Å². The highest BCUT2D eigenvalue weighted by molar-refractivity contribution is 6.63. The van der Waals surface area contributed by atoms with Gasteiger partial charge in [-0.05, 0) is 57.8 Å². The van der Waals surface area contributed by atoms with Crippen molar-refractivity contribution in [3.8, 4) is 5.75 Å². The van der Waals surface area contributed by atoms with E-state index in [9.17, 15) is 0 Å². The quantitative estimate of drug-likeness (QED) is 0.781. The minimum absolute atomic E-state index is 0.361. The molecule has 0 amide bonds. The molecule has 3 nitrogen and oxygen atoms in total. The van der Waals surface area contributed by atoms with Gasteiger partial charge in [0.2, 0.25) is 0 Å². The molecule has 1 heterocycles. The van der Waals surface area contributed by atoms with Gasteiger partial charge in [0.05, 0.1) is 18.3 Å². The van der Waals surface area contributed by atoms with E-state index in [0.717, 1.165) is 16.8 Å². The molecule has 5 heteroatoms. The van der Waals surface area contributed by atoms with E-state index in [-0.39, 0.29) is 11.2 Å². The average Bonchev–Trinajstić information content (AvgIpc) is 2.50. The zero-order valence-corrected chi connectivity index (χ0v) is 13.1. The molecule has 1 fully saturated rings. The first-order valence-corrected chi connectivity index (χ1v) is 6.75. The molecule has 104 valence electrons. The van der Waals surface area contributed by atoms with Gasteiger partial charge in [0.25, 0.3) is 0 Å². The number of hydrogen-bond acceptors (Lipinski definition) is 3. The Morgan fingerprint density at radius 2 is 1.63 bits per heavy atom. The van der Waals surface area contributed by atoms with Gasteiger partial charge in [0.15, 0.2) is 0 Å². The molecular weight excluding hydrogens is 262 g/mol. The Morgan fingerprint density at radius 3 is 2.11 bits per heavy atom. The summed E-state index contributed by atoms with van der Waals surface area (Å²) in [6, 6.07) is 3.67. The van der Waals surface area contributed by atoms with E-state index in [4.69, 9.17) is 25.6 Å². The van der Waals surface area contributed by atoms with E-state index in [1.807, 2.05) is 40.7 Å². The Morgan fingerprint density at radius 1 is 1.11 bits per heavy atom. The lowest BCUT2D eigenvalue weighted by Gasteiger charge is -2.32. The number of methoxy groups -OCH3 is 1. The largest absolute Gasteiger partial charge is 0.496 e. The fourth-order valence-corrected chi connectivity index (χ4v) is 2.32. The lowest BCUT2D eigenvalue weighted by Crippen LogP contribution is -2.41. The summed E-state index contributed by atoms with van der Waals surface area (Å²) in [6.07, 6.45) is 0. The molecule has 1 saturated heterocycles. The standard InChI is InChI=1S/C14H20BClO3/c1-9-11(7-10(16)8-12(9)17-6)15-18-13(2,3)14(4,5)19-15/h7-8H,1-6H3. The minimum atomic E-state index is -0.419. The van der Waals surface area contributed by atoms with E-state index in [2.05, 4.69) is 0 Å². The predicted octanol–water partition coefficient (Wildman–Crippen LogP) is 2.96. The maximum Gasteiger partial charge on any atom is 0.495 e. The SMILES string of the molecule is COc1cc(Cl)cc(B2OC(C)(C)C(C)(C)O2)c1C. The molecule has 0 spiro atoms. The van der Waals surface area contributed by atoms with Crippen molar-refractivity contribution in [3.63, 3.8) is 0 Å². The molecule has 0 saturated carbocycles. The van der Waals surface area contributed by atoms with Crippen LogP contribution in [0.25, 0.3) is 0 Å². The third-order valence-corrected chi connectivity index (χ3v) is 4.31. The van der Waals surface area contributed by atoms with E-state index in [1.165, 1.54) is 0 Å². The van der Waals surface area contributed by atoms with Crippen LogP contribution in [0.5, 0.6) is 5.75 Å². The number of ether oxygens (including phenoxy) is 1. The zero-order chi connectivity index (χ0) is 14.4. The van der Waals surface area contributed by atoms with Crippen molar-refractivity contribution in [2.45, 2.75) is 45.8 Å². The highest BCUT2D eigenvalue weighted by atomic mass is 35.5. The number of rotatable bonds is 2. The van der Waals surface area contributed by atoms with Crippen LogP contribution < -0.4 is 10.2 Å². The molecule has 2 rings (SSSR count). The van der Waals surface area contributed by atoms with Gasteiger partial charge in [-0.1, -0.05) is 11.6 Å². The van der Waals surface area contributed by atoms with Crippen molar-refractivity contribution in [1.29, 1.82) is 0 Å². The summed E-state index contributed by atoms with van der Waals surface area (Å²) >= 11 is 6.13. The molecule has 0 bridgehead atoms. The maximum atomic E-state index is 6.13. The van der Waals surface area contributed by atoms with Crippen LogP contribution in [0.4, 0.5) is 0 Å². The number of hydrogen-bond donors (Lipinski definition) is 0. The van der Waals surface area contributed by atoms with E-state index in [0.29, 0.717) is 5.02 Å². The summed E-state index contributed by atoms with van der Waals surface area (Å²) in [5.74, 6) is 0.747. The molecular formula is C14H20BClO3. The first-order chi connectivity index (χ1) is 8.68. The summed E-state index contributed by atoms with van der Waals surface area (Å²) in [4.78, 5) is 0. The van der Waals surface area contributed by atoms with Crippen LogP contribution in [0.1, 0.15) is 33.3 Å². The van der Waals surface area contributed by atoms with Gasteiger partial charge < -0.3 is 14.0 Å². The highest BCUT2D eigenvalue weighted by Crippen LogP contribution is 2.37. The second-order valence-electron chi connectivity index (χ2n) is 5.91. The van der Waals surface area contributed by atoms with Crippen LogP contribution >= 0.6 is 11.6 Å². The molecule has 1 aromatic rings. The van der Waals surface area contributed by atoms with Crippen molar-refractivity contribution in [1.82, 2.24) is 0 Å². The molecule has 0 atom stereocenters. The molecule has 0 radical (unpaired) electrons. The van der Waals surface area contributed by atoms with Gasteiger partial charge in [-0.3, -0.25) is 0 Å². The Bertz CT molecular complexity index is 484. The van der Waals surface area contributed by atoms with Crippen molar-refractivity contribution < 1.29 is 14.0 Å². The Hall–Kier alpha value is -0.705. The van der Waals surface area contributed by atoms with Crippen molar-refractivity contribution >= 4 is 24.2 Å². The normalized spacial score (nSPS) is 20.7. The fraction of sp³-hybridized carbons (Fsp3) is 0.571. The molecule has 1 aliphatic heterocycles. The third-order valence-electron chi connectivity index (χ3n) is 4.09. The van der Waals surface area contributed by atoms with E-state index in [1.54, 1.807) is 13.2 Å². The van der Waals surface area contributed by atoms with Crippen LogP contribution in [0.15, 0.2) is 12.1 Å². The highest BCUT2D eigenvalue weighted by Gasteiger charge is 2.52. The van der Waals surface area contributed by atoms with Gasteiger partial charge in [-0.2, -0.15) is 0 Å². The predicted molar refractivity (Wildman–Crippen MR) is 78.5 cm³/mol. The van der Waals surface area contributed by atoms with Crippen LogP contribution in [0, 0.1) is 6.92 Å². The lowest BCUT2D eigenvalue weighted by atomic mass is 9.76. The zero-order valence-electron chi connectivity index (χ0n) is 12.3. The Kier molecular flexibility index (Phi) is 3.63. The smallest absolute Gasteiger partial charge is 0.495 e. The second-order valence-corrected chi connectivity index (χ2v) is 6.35. The fourth-order valence-electron chi connectivity index (χ4n) is 2.10. The molecule has 0 aliphatic carbocycles. The van der Waals surface area contributed by atoms with E-state index >= 15 is 0 Å². The Labute approximate surface area is 120 Å². The number of benzene rings is 1. The van der Waals surface area contributed by atoms with Crippen LogP contribution in [0.3, 0.4) is 0 Å². The average molecular weight is 283 g/mol. The first kappa shape index (κ1) is 14.7. The lowest BCUT2D eigenvalue weighted by molar-refractivity contribution is 0.00578. The molecule has 1 aromatic carbocycles. The van der Waals surface area contributed by atoms with Crippen LogP contribution in [-0.2, 0) is 9.31 Å². The van der Waals surface area contributed by atoms with Gasteiger partial charge in [0, 0.05) is 5.02 Å². The minimum Gasteiger partial charge on any atom is -0.496 e. The summed E-state index contributed by atoms with van der Waals surface area (Å²) in [6.45, 7) is 10.1. The molecule has 19 heavy (non-hydrogen) atoms. The van der Waals surface area contributed by atoms with Crippen molar-refractivity contribution in [2.24, 2.45) is 0 Å². The maximum absolute atomic E-state index is 6.13. The second kappa shape index (κ2) is 4.69. The molecule has 0 aromatic heterocycles. The van der Waals surface area contributed by atoms with E-state index < -0.39 is 7.12 Å². The van der Waals surface area contributed by atoms with Crippen LogP contribution in [-0.4, -0.2) is 25.4 Å². The first-order valence-electron chi connectivity index (χ1n) is 6.37. The Balaban J connectivity index is 2.42.